The van der Waals surface area contributed by atoms with Crippen LogP contribution in [0.3, 0.4) is 0 Å². The zero-order valence-corrected chi connectivity index (χ0v) is 10.5. The van der Waals surface area contributed by atoms with Gasteiger partial charge in [0.1, 0.15) is 5.69 Å². The molecular weight excluding hydrogens is 230 g/mol. The summed E-state index contributed by atoms with van der Waals surface area (Å²) in [5.74, 6) is 6.73. The molecule has 2 unspecified atom stereocenters. The Hall–Kier alpha value is -1.69. The Labute approximate surface area is 106 Å². The molecule has 1 aromatic heterocycles. The first-order valence-electron chi connectivity index (χ1n) is 6.27. The molecule has 1 amide bonds. The normalized spacial score (nSPS) is 22.8. The van der Waals surface area contributed by atoms with Crippen LogP contribution in [0.1, 0.15) is 36.7 Å². The third-order valence-corrected chi connectivity index (χ3v) is 3.60. The van der Waals surface area contributed by atoms with Crippen molar-refractivity contribution < 1.29 is 4.79 Å². The summed E-state index contributed by atoms with van der Waals surface area (Å²) in [5, 5.41) is 2.92. The van der Waals surface area contributed by atoms with Crippen LogP contribution >= 0.6 is 0 Å². The minimum absolute atomic E-state index is 0.176. The van der Waals surface area contributed by atoms with Crippen molar-refractivity contribution in [1.29, 1.82) is 0 Å². The monoisotopic (exact) mass is 249 g/mol. The molecule has 0 aliphatic heterocycles. The zero-order valence-electron chi connectivity index (χ0n) is 10.5. The maximum atomic E-state index is 11.8. The number of amides is 1. The van der Waals surface area contributed by atoms with Crippen LogP contribution < -0.4 is 16.6 Å². The number of nitrogen functional groups attached to an aromatic ring is 1. The standard InChI is InChI=1S/C12H19N5O/c1-8-3-2-4-9(8)5-16-12(18)10-6-15-11(17-13)7-14-10/h6-9H,2-5,13H2,1H3,(H,15,17)(H,16,18). The molecule has 1 fully saturated rings. The van der Waals surface area contributed by atoms with Gasteiger partial charge in [0.05, 0.1) is 12.4 Å². The number of anilines is 1. The maximum absolute atomic E-state index is 11.8. The number of nitrogens with two attached hydrogens (primary N) is 1. The van der Waals surface area contributed by atoms with Crippen LogP contribution in [0.5, 0.6) is 0 Å². The van der Waals surface area contributed by atoms with Gasteiger partial charge in [-0.1, -0.05) is 19.8 Å². The van der Waals surface area contributed by atoms with Gasteiger partial charge in [-0.05, 0) is 18.3 Å². The number of carbonyl (C=O) groups is 1. The molecule has 1 aliphatic carbocycles. The molecule has 0 saturated heterocycles. The summed E-state index contributed by atoms with van der Waals surface area (Å²) in [4.78, 5) is 19.8. The van der Waals surface area contributed by atoms with Gasteiger partial charge in [0.2, 0.25) is 0 Å². The molecule has 98 valence electrons. The summed E-state index contributed by atoms with van der Waals surface area (Å²) >= 11 is 0. The zero-order chi connectivity index (χ0) is 13.0. The highest BCUT2D eigenvalue weighted by Gasteiger charge is 2.23. The van der Waals surface area contributed by atoms with Crippen molar-refractivity contribution in [3.8, 4) is 0 Å². The van der Waals surface area contributed by atoms with E-state index in [4.69, 9.17) is 5.84 Å². The average Bonchev–Trinajstić information content (AvgIpc) is 2.81. The summed E-state index contributed by atoms with van der Waals surface area (Å²) in [6.07, 6.45) is 6.58. The summed E-state index contributed by atoms with van der Waals surface area (Å²) in [6, 6.07) is 0. The first kappa shape index (κ1) is 12.8. The van der Waals surface area contributed by atoms with Gasteiger partial charge in [-0.15, -0.1) is 0 Å². The van der Waals surface area contributed by atoms with Crippen molar-refractivity contribution in [2.45, 2.75) is 26.2 Å². The molecule has 2 atom stereocenters. The van der Waals surface area contributed by atoms with Gasteiger partial charge >= 0.3 is 0 Å². The van der Waals surface area contributed by atoms with Crippen molar-refractivity contribution in [3.63, 3.8) is 0 Å². The van der Waals surface area contributed by atoms with E-state index >= 15 is 0 Å². The molecule has 1 saturated carbocycles. The van der Waals surface area contributed by atoms with E-state index in [1.165, 1.54) is 31.7 Å². The Morgan fingerprint density at radius 1 is 1.44 bits per heavy atom. The number of hydrazine groups is 1. The van der Waals surface area contributed by atoms with Gasteiger partial charge in [-0.25, -0.2) is 15.8 Å². The Bertz CT molecular complexity index is 405. The van der Waals surface area contributed by atoms with Gasteiger partial charge < -0.3 is 10.7 Å². The number of nitrogens with zero attached hydrogens (tertiary/aromatic N) is 2. The second kappa shape index (κ2) is 5.77. The van der Waals surface area contributed by atoms with E-state index in [2.05, 4.69) is 27.6 Å². The van der Waals surface area contributed by atoms with E-state index < -0.39 is 0 Å². The molecule has 2 rings (SSSR count). The fourth-order valence-corrected chi connectivity index (χ4v) is 2.36. The molecule has 4 N–H and O–H groups in total. The maximum Gasteiger partial charge on any atom is 0.271 e. The number of hydrogen-bond acceptors (Lipinski definition) is 5. The van der Waals surface area contributed by atoms with E-state index in [0.717, 1.165) is 6.54 Å². The molecule has 6 heteroatoms. The Morgan fingerprint density at radius 3 is 2.83 bits per heavy atom. The minimum Gasteiger partial charge on any atom is -0.350 e. The highest BCUT2D eigenvalue weighted by Crippen LogP contribution is 2.30. The van der Waals surface area contributed by atoms with Crippen LogP contribution in [0.2, 0.25) is 0 Å². The summed E-state index contributed by atoms with van der Waals surface area (Å²) in [7, 11) is 0. The average molecular weight is 249 g/mol. The molecule has 1 aromatic rings. The van der Waals surface area contributed by atoms with E-state index in [0.29, 0.717) is 23.3 Å². The lowest BCUT2D eigenvalue weighted by Crippen LogP contribution is -2.31. The predicted octanol–water partition coefficient (Wildman–Crippen LogP) is 0.928. The first-order valence-corrected chi connectivity index (χ1v) is 6.27. The third kappa shape index (κ3) is 2.95. The van der Waals surface area contributed by atoms with Crippen molar-refractivity contribution >= 4 is 11.7 Å². The van der Waals surface area contributed by atoms with Crippen LogP contribution in [0.25, 0.3) is 0 Å². The lowest BCUT2D eigenvalue weighted by Gasteiger charge is -2.15. The van der Waals surface area contributed by atoms with E-state index in [-0.39, 0.29) is 5.91 Å². The van der Waals surface area contributed by atoms with Gasteiger partial charge in [0.15, 0.2) is 5.82 Å². The Balaban J connectivity index is 1.87. The number of aromatic nitrogens is 2. The van der Waals surface area contributed by atoms with Crippen molar-refractivity contribution in [3.05, 3.63) is 18.1 Å². The number of rotatable bonds is 4. The Kier molecular flexibility index (Phi) is 4.09. The topological polar surface area (TPSA) is 92.9 Å². The van der Waals surface area contributed by atoms with Crippen molar-refractivity contribution in [1.82, 2.24) is 15.3 Å². The van der Waals surface area contributed by atoms with Crippen LogP contribution in [0.15, 0.2) is 12.4 Å². The van der Waals surface area contributed by atoms with E-state index in [1.807, 2.05) is 0 Å². The molecular formula is C12H19N5O. The molecule has 1 heterocycles. The molecule has 6 nitrogen and oxygen atoms in total. The van der Waals surface area contributed by atoms with Gasteiger partial charge in [-0.2, -0.15) is 0 Å². The largest absolute Gasteiger partial charge is 0.350 e. The lowest BCUT2D eigenvalue weighted by molar-refractivity contribution is 0.0939. The first-order chi connectivity index (χ1) is 8.70. The van der Waals surface area contributed by atoms with Gasteiger partial charge in [-0.3, -0.25) is 4.79 Å². The lowest BCUT2D eigenvalue weighted by atomic mass is 9.98. The van der Waals surface area contributed by atoms with Gasteiger partial charge in [0, 0.05) is 6.54 Å². The number of carbonyl (C=O) groups excluding carboxylic acids is 1. The predicted molar refractivity (Wildman–Crippen MR) is 68.7 cm³/mol. The van der Waals surface area contributed by atoms with Gasteiger partial charge in [0.25, 0.3) is 5.91 Å². The van der Waals surface area contributed by atoms with Crippen LogP contribution in [-0.4, -0.2) is 22.4 Å². The van der Waals surface area contributed by atoms with Crippen molar-refractivity contribution in [2.24, 2.45) is 17.7 Å². The summed E-state index contributed by atoms with van der Waals surface area (Å²) < 4.78 is 0. The van der Waals surface area contributed by atoms with E-state index in [1.54, 1.807) is 0 Å². The summed E-state index contributed by atoms with van der Waals surface area (Å²) in [5.41, 5.74) is 2.69. The Morgan fingerprint density at radius 2 is 2.28 bits per heavy atom. The highest BCUT2D eigenvalue weighted by atomic mass is 16.1. The number of hydrogen-bond donors (Lipinski definition) is 3. The molecule has 18 heavy (non-hydrogen) atoms. The minimum atomic E-state index is -0.176. The number of nitrogens with one attached hydrogen (secondary N) is 2. The fourth-order valence-electron chi connectivity index (χ4n) is 2.36. The quantitative estimate of drug-likeness (QED) is 0.545. The SMILES string of the molecule is CC1CCCC1CNC(=O)c1cnc(NN)cn1. The molecule has 0 radical (unpaired) electrons. The fraction of sp³-hybridized carbons (Fsp3) is 0.583. The van der Waals surface area contributed by atoms with Crippen LogP contribution in [-0.2, 0) is 0 Å². The van der Waals surface area contributed by atoms with Crippen LogP contribution in [0, 0.1) is 11.8 Å². The second-order valence-corrected chi connectivity index (χ2v) is 4.81. The molecule has 0 aromatic carbocycles. The third-order valence-electron chi connectivity index (χ3n) is 3.60. The van der Waals surface area contributed by atoms with E-state index in [9.17, 15) is 4.79 Å². The molecule has 0 spiro atoms. The second-order valence-electron chi connectivity index (χ2n) is 4.81. The molecule has 0 bridgehead atoms. The molecule has 1 aliphatic rings. The van der Waals surface area contributed by atoms with Crippen LogP contribution in [0.4, 0.5) is 5.82 Å². The van der Waals surface area contributed by atoms with Crippen molar-refractivity contribution in [2.75, 3.05) is 12.0 Å². The smallest absolute Gasteiger partial charge is 0.271 e. The summed E-state index contributed by atoms with van der Waals surface area (Å²) in [6.45, 7) is 2.96. The highest BCUT2D eigenvalue weighted by molar-refractivity contribution is 5.91.